The van der Waals surface area contributed by atoms with Gasteiger partial charge in [0.1, 0.15) is 18.2 Å². The Bertz CT molecular complexity index is 222. The topological polar surface area (TPSA) is 99.0 Å². The summed E-state index contributed by atoms with van der Waals surface area (Å²) >= 11 is 0. The number of carbonyl (C=O) groups excluding carboxylic acids is 1. The van der Waals surface area contributed by atoms with Gasteiger partial charge in [-0.15, -0.1) is 0 Å². The Morgan fingerprint density at radius 2 is 1.86 bits per heavy atom. The number of hydrogen-bond donors (Lipinski definition) is 4. The Kier molecular flexibility index (Phi) is 3.43. The lowest BCUT2D eigenvalue weighted by Gasteiger charge is -2.39. The molecule has 14 heavy (non-hydrogen) atoms. The van der Waals surface area contributed by atoms with Crippen LogP contribution in [0.2, 0.25) is 0 Å². The lowest BCUT2D eigenvalue weighted by atomic mass is 9.98. The molecule has 0 bridgehead atoms. The highest BCUT2D eigenvalue weighted by molar-refractivity contribution is 5.73. The normalized spacial score (nSPS) is 43.4. The maximum atomic E-state index is 10.7. The van der Waals surface area contributed by atoms with Crippen molar-refractivity contribution >= 4 is 5.91 Å². The van der Waals surface area contributed by atoms with Crippen LogP contribution in [-0.2, 0) is 9.53 Å². The molecule has 1 aliphatic rings. The molecule has 82 valence electrons. The highest BCUT2D eigenvalue weighted by Crippen LogP contribution is 2.19. The van der Waals surface area contributed by atoms with Gasteiger partial charge in [-0.2, -0.15) is 0 Å². The number of ether oxygens (including phenoxy) is 1. The molecular weight excluding hydrogens is 190 g/mol. The zero-order chi connectivity index (χ0) is 10.9. The van der Waals surface area contributed by atoms with Crippen LogP contribution in [0.4, 0.5) is 0 Å². The van der Waals surface area contributed by atoms with E-state index in [2.05, 4.69) is 5.32 Å². The molecule has 0 unspecified atom stereocenters. The second-order valence-electron chi connectivity index (χ2n) is 3.44. The van der Waals surface area contributed by atoms with Gasteiger partial charge in [0.25, 0.3) is 0 Å². The molecule has 6 nitrogen and oxygen atoms in total. The Balaban J connectivity index is 2.68. The molecule has 1 aliphatic heterocycles. The van der Waals surface area contributed by atoms with E-state index in [0.717, 1.165) is 0 Å². The third-order valence-corrected chi connectivity index (χ3v) is 2.23. The van der Waals surface area contributed by atoms with E-state index >= 15 is 0 Å². The van der Waals surface area contributed by atoms with Crippen molar-refractivity contribution in [1.82, 2.24) is 5.32 Å². The molecule has 0 spiro atoms. The van der Waals surface area contributed by atoms with E-state index in [1.807, 2.05) is 0 Å². The van der Waals surface area contributed by atoms with Crippen molar-refractivity contribution in [3.63, 3.8) is 0 Å². The second-order valence-corrected chi connectivity index (χ2v) is 3.44. The third kappa shape index (κ3) is 2.21. The van der Waals surface area contributed by atoms with E-state index in [4.69, 9.17) is 4.74 Å². The minimum atomic E-state index is -1.30. The van der Waals surface area contributed by atoms with Crippen molar-refractivity contribution in [2.75, 3.05) is 0 Å². The summed E-state index contributed by atoms with van der Waals surface area (Å²) in [6, 6.07) is -0.987. The predicted molar refractivity (Wildman–Crippen MR) is 46.2 cm³/mol. The first-order chi connectivity index (χ1) is 6.43. The third-order valence-electron chi connectivity index (χ3n) is 2.23. The highest BCUT2D eigenvalue weighted by Gasteiger charge is 2.42. The van der Waals surface area contributed by atoms with Crippen LogP contribution in [0.15, 0.2) is 0 Å². The van der Waals surface area contributed by atoms with Gasteiger partial charge >= 0.3 is 0 Å². The number of aliphatic hydroxyl groups is 3. The van der Waals surface area contributed by atoms with Crippen LogP contribution in [0.1, 0.15) is 13.8 Å². The SMILES string of the molecule is CC(=O)N[C@@H]1[C@@H](O)[C@H](O)[C@@H](C)O[C@H]1O. The van der Waals surface area contributed by atoms with E-state index < -0.39 is 36.6 Å². The molecule has 1 heterocycles. The van der Waals surface area contributed by atoms with Crippen LogP contribution >= 0.6 is 0 Å². The fourth-order valence-corrected chi connectivity index (χ4v) is 1.44. The summed E-state index contributed by atoms with van der Waals surface area (Å²) in [5.74, 6) is -0.404. The molecule has 0 aromatic carbocycles. The smallest absolute Gasteiger partial charge is 0.217 e. The van der Waals surface area contributed by atoms with Crippen LogP contribution in [0.5, 0.6) is 0 Å². The monoisotopic (exact) mass is 205 g/mol. The first kappa shape index (κ1) is 11.4. The molecule has 1 amide bonds. The van der Waals surface area contributed by atoms with Crippen molar-refractivity contribution < 1.29 is 24.9 Å². The highest BCUT2D eigenvalue weighted by atomic mass is 16.6. The quantitative estimate of drug-likeness (QED) is 0.395. The fourth-order valence-electron chi connectivity index (χ4n) is 1.44. The second kappa shape index (κ2) is 4.22. The Hall–Kier alpha value is -0.690. The van der Waals surface area contributed by atoms with Gasteiger partial charge in [0.05, 0.1) is 6.10 Å². The molecule has 4 N–H and O–H groups in total. The molecule has 1 fully saturated rings. The summed E-state index contributed by atoms with van der Waals surface area (Å²) < 4.78 is 4.91. The van der Waals surface area contributed by atoms with Crippen molar-refractivity contribution in [1.29, 1.82) is 0 Å². The van der Waals surface area contributed by atoms with Crippen LogP contribution in [0.3, 0.4) is 0 Å². The molecule has 6 heteroatoms. The number of carbonyl (C=O) groups is 1. The molecule has 0 aliphatic carbocycles. The van der Waals surface area contributed by atoms with Gasteiger partial charge in [0, 0.05) is 6.92 Å². The molecule has 5 atom stereocenters. The van der Waals surface area contributed by atoms with Gasteiger partial charge in [-0.1, -0.05) is 0 Å². The van der Waals surface area contributed by atoms with Crippen LogP contribution in [-0.4, -0.2) is 51.9 Å². The zero-order valence-electron chi connectivity index (χ0n) is 8.04. The maximum absolute atomic E-state index is 10.7. The first-order valence-corrected chi connectivity index (χ1v) is 4.40. The van der Waals surface area contributed by atoms with Gasteiger partial charge in [0.15, 0.2) is 6.29 Å². The van der Waals surface area contributed by atoms with Gasteiger partial charge < -0.3 is 25.4 Å². The maximum Gasteiger partial charge on any atom is 0.217 e. The average molecular weight is 205 g/mol. The Morgan fingerprint density at radius 3 is 2.36 bits per heavy atom. The van der Waals surface area contributed by atoms with Crippen molar-refractivity contribution in [3.8, 4) is 0 Å². The van der Waals surface area contributed by atoms with E-state index in [1.54, 1.807) is 0 Å². The van der Waals surface area contributed by atoms with Crippen LogP contribution in [0, 0.1) is 0 Å². The van der Waals surface area contributed by atoms with Crippen molar-refractivity contribution in [3.05, 3.63) is 0 Å². The number of hydrogen-bond acceptors (Lipinski definition) is 5. The van der Waals surface area contributed by atoms with Gasteiger partial charge in [-0.3, -0.25) is 4.79 Å². The van der Waals surface area contributed by atoms with Crippen LogP contribution in [0.25, 0.3) is 0 Å². The van der Waals surface area contributed by atoms with E-state index in [9.17, 15) is 20.1 Å². The molecule has 0 radical (unpaired) electrons. The van der Waals surface area contributed by atoms with Crippen molar-refractivity contribution in [2.24, 2.45) is 0 Å². The fraction of sp³-hybridized carbons (Fsp3) is 0.875. The van der Waals surface area contributed by atoms with Crippen molar-refractivity contribution in [2.45, 2.75) is 44.5 Å². The summed E-state index contributed by atoms with van der Waals surface area (Å²) in [5.41, 5.74) is 0. The Morgan fingerprint density at radius 1 is 1.29 bits per heavy atom. The minimum Gasteiger partial charge on any atom is -0.388 e. The number of nitrogens with one attached hydrogen (secondary N) is 1. The largest absolute Gasteiger partial charge is 0.388 e. The number of rotatable bonds is 1. The molecule has 0 saturated carbocycles. The summed E-state index contributed by atoms with van der Waals surface area (Å²) in [6.07, 6.45) is -4.30. The van der Waals surface area contributed by atoms with E-state index in [-0.39, 0.29) is 0 Å². The summed E-state index contributed by atoms with van der Waals surface area (Å²) in [7, 11) is 0. The lowest BCUT2D eigenvalue weighted by Crippen LogP contribution is -2.62. The van der Waals surface area contributed by atoms with Gasteiger partial charge in [-0.05, 0) is 6.92 Å². The first-order valence-electron chi connectivity index (χ1n) is 4.40. The van der Waals surface area contributed by atoms with Gasteiger partial charge in [0.2, 0.25) is 5.91 Å². The van der Waals surface area contributed by atoms with E-state index in [1.165, 1.54) is 13.8 Å². The summed E-state index contributed by atoms with van der Waals surface area (Å²) in [6.45, 7) is 2.78. The number of amides is 1. The minimum absolute atomic E-state index is 0.404. The summed E-state index contributed by atoms with van der Waals surface area (Å²) in [5, 5.41) is 30.6. The summed E-state index contributed by atoms with van der Waals surface area (Å²) in [4.78, 5) is 10.7. The number of aliphatic hydroxyl groups excluding tert-OH is 3. The molecule has 1 rings (SSSR count). The van der Waals surface area contributed by atoms with Gasteiger partial charge in [-0.25, -0.2) is 0 Å². The lowest BCUT2D eigenvalue weighted by molar-refractivity contribution is -0.242. The standard InChI is InChI=1S/C8H15NO5/c1-3-6(11)7(12)5(8(13)14-3)9-4(2)10/h3,5-8,11-13H,1-2H3,(H,9,10)/t3-,5-,6-,7-,8-/m1/s1. The molecule has 1 saturated heterocycles. The van der Waals surface area contributed by atoms with Crippen LogP contribution < -0.4 is 5.32 Å². The predicted octanol–water partition coefficient (Wildman–Crippen LogP) is -2.05. The molecule has 0 aromatic rings. The zero-order valence-corrected chi connectivity index (χ0v) is 8.04. The Labute approximate surface area is 81.5 Å². The average Bonchev–Trinajstić information content (AvgIpc) is 2.09. The molecule has 0 aromatic heterocycles. The van der Waals surface area contributed by atoms with E-state index in [0.29, 0.717) is 0 Å². The molecular formula is C8H15NO5.